The summed E-state index contributed by atoms with van der Waals surface area (Å²) in [7, 11) is 0. The lowest BCUT2D eigenvalue weighted by Gasteiger charge is -2.28. The van der Waals surface area contributed by atoms with E-state index in [0.29, 0.717) is 51.3 Å². The lowest BCUT2D eigenvalue weighted by molar-refractivity contribution is 0.122. The fourth-order valence-corrected chi connectivity index (χ4v) is 1.97. The summed E-state index contributed by atoms with van der Waals surface area (Å²) in [5.74, 6) is 0.983. The van der Waals surface area contributed by atoms with Gasteiger partial charge in [0.2, 0.25) is 17.8 Å². The van der Waals surface area contributed by atoms with E-state index in [4.69, 9.17) is 20.7 Å². The highest BCUT2D eigenvalue weighted by Gasteiger charge is 2.18. The quantitative estimate of drug-likeness (QED) is 0.549. The largest absolute Gasteiger partial charge is 0.395 e. The Morgan fingerprint density at radius 1 is 1.10 bits per heavy atom. The second-order valence-corrected chi connectivity index (χ2v) is 4.33. The number of aliphatic hydroxyl groups excluding tert-OH is 2. The molecular weight excluding hydrogens is 264 g/mol. The second-order valence-electron chi connectivity index (χ2n) is 4.33. The normalized spacial score (nSPS) is 15.4. The van der Waals surface area contributed by atoms with Gasteiger partial charge in [-0.1, -0.05) is 0 Å². The molecule has 0 aromatic carbocycles. The van der Waals surface area contributed by atoms with E-state index >= 15 is 0 Å². The molecule has 4 N–H and O–H groups in total. The average Bonchev–Trinajstić information content (AvgIpc) is 2.47. The van der Waals surface area contributed by atoms with Gasteiger partial charge in [-0.05, 0) is 0 Å². The molecule has 9 heteroatoms. The highest BCUT2D eigenvalue weighted by atomic mass is 16.5. The van der Waals surface area contributed by atoms with Crippen LogP contribution in [-0.2, 0) is 4.74 Å². The monoisotopic (exact) mass is 284 g/mol. The predicted molar refractivity (Wildman–Crippen MR) is 73.7 cm³/mol. The first kappa shape index (κ1) is 14.7. The lowest BCUT2D eigenvalue weighted by atomic mass is 10.4. The molecule has 0 radical (unpaired) electrons. The van der Waals surface area contributed by atoms with Crippen molar-refractivity contribution in [3.8, 4) is 0 Å². The number of hydrogen-bond donors (Lipinski definition) is 3. The summed E-state index contributed by atoms with van der Waals surface area (Å²) in [6.07, 6.45) is 0. The number of nitrogens with zero attached hydrogens (tertiary/aromatic N) is 5. The van der Waals surface area contributed by atoms with E-state index in [1.807, 2.05) is 4.90 Å². The molecule has 1 aliphatic rings. The van der Waals surface area contributed by atoms with Crippen LogP contribution < -0.4 is 15.5 Å². The Kier molecular flexibility index (Phi) is 5.27. The van der Waals surface area contributed by atoms with Gasteiger partial charge in [0, 0.05) is 26.2 Å². The third kappa shape index (κ3) is 3.65. The van der Waals surface area contributed by atoms with Gasteiger partial charge in [-0.15, -0.1) is 0 Å². The number of nitrogen functional groups attached to an aromatic ring is 1. The molecule has 0 atom stereocenters. The minimum atomic E-state index is -0.0571. The molecule has 2 heterocycles. The first-order valence-corrected chi connectivity index (χ1v) is 6.55. The molecule has 1 aliphatic heterocycles. The molecule has 2 rings (SSSR count). The van der Waals surface area contributed by atoms with Crippen molar-refractivity contribution in [2.45, 2.75) is 0 Å². The van der Waals surface area contributed by atoms with Gasteiger partial charge in [-0.2, -0.15) is 15.0 Å². The highest BCUT2D eigenvalue weighted by molar-refractivity contribution is 5.43. The van der Waals surface area contributed by atoms with Crippen LogP contribution in [0.2, 0.25) is 0 Å². The standard InChI is InChI=1S/C11H20N6O3/c12-9-13-10(16(1-5-18)2-6-19)15-11(14-9)17-3-7-20-8-4-17/h18-19H,1-8H2,(H2,12,13,14,15). The maximum atomic E-state index is 9.06. The van der Waals surface area contributed by atoms with Crippen molar-refractivity contribution in [3.63, 3.8) is 0 Å². The molecule has 1 aromatic rings. The first-order chi connectivity index (χ1) is 9.74. The van der Waals surface area contributed by atoms with Gasteiger partial charge in [0.05, 0.1) is 26.4 Å². The molecule has 20 heavy (non-hydrogen) atoms. The van der Waals surface area contributed by atoms with E-state index in [1.54, 1.807) is 4.90 Å². The van der Waals surface area contributed by atoms with Crippen LogP contribution in [0.1, 0.15) is 0 Å². The average molecular weight is 284 g/mol. The summed E-state index contributed by atoms with van der Waals surface area (Å²) in [4.78, 5) is 16.2. The molecule has 0 bridgehead atoms. The lowest BCUT2D eigenvalue weighted by Crippen LogP contribution is -2.38. The van der Waals surface area contributed by atoms with Crippen LogP contribution >= 0.6 is 0 Å². The fourth-order valence-electron chi connectivity index (χ4n) is 1.97. The van der Waals surface area contributed by atoms with E-state index in [1.165, 1.54) is 0 Å². The smallest absolute Gasteiger partial charge is 0.232 e. The van der Waals surface area contributed by atoms with Gasteiger partial charge in [-0.3, -0.25) is 0 Å². The molecule has 0 unspecified atom stereocenters. The Bertz CT molecular complexity index is 421. The van der Waals surface area contributed by atoms with Gasteiger partial charge in [0.15, 0.2) is 0 Å². The number of morpholine rings is 1. The van der Waals surface area contributed by atoms with E-state index in [-0.39, 0.29) is 19.2 Å². The second kappa shape index (κ2) is 7.17. The predicted octanol–water partition coefficient (Wildman–Crippen LogP) is -1.92. The van der Waals surface area contributed by atoms with Crippen molar-refractivity contribution in [2.24, 2.45) is 0 Å². The summed E-state index contributed by atoms with van der Waals surface area (Å²) in [6.45, 7) is 3.18. The minimum Gasteiger partial charge on any atom is -0.395 e. The summed E-state index contributed by atoms with van der Waals surface area (Å²) in [6, 6.07) is 0. The van der Waals surface area contributed by atoms with Gasteiger partial charge >= 0.3 is 0 Å². The molecule has 0 spiro atoms. The summed E-state index contributed by atoms with van der Waals surface area (Å²) < 4.78 is 5.29. The van der Waals surface area contributed by atoms with Crippen molar-refractivity contribution in [3.05, 3.63) is 0 Å². The molecule has 0 amide bonds. The number of nitrogens with two attached hydrogens (primary N) is 1. The Morgan fingerprint density at radius 2 is 1.75 bits per heavy atom. The zero-order valence-corrected chi connectivity index (χ0v) is 11.3. The van der Waals surface area contributed by atoms with E-state index in [9.17, 15) is 0 Å². The van der Waals surface area contributed by atoms with Crippen LogP contribution in [0.25, 0.3) is 0 Å². The van der Waals surface area contributed by atoms with Crippen LogP contribution in [-0.4, -0.2) is 77.8 Å². The van der Waals surface area contributed by atoms with Crippen molar-refractivity contribution in [1.29, 1.82) is 0 Å². The minimum absolute atomic E-state index is 0.0571. The Hall–Kier alpha value is -1.71. The molecule has 9 nitrogen and oxygen atoms in total. The first-order valence-electron chi connectivity index (χ1n) is 6.55. The molecule has 112 valence electrons. The molecular formula is C11H20N6O3. The van der Waals surface area contributed by atoms with Crippen LogP contribution in [0.4, 0.5) is 17.8 Å². The molecule has 0 aliphatic carbocycles. The summed E-state index contributed by atoms with van der Waals surface area (Å²) >= 11 is 0. The zero-order valence-electron chi connectivity index (χ0n) is 11.3. The maximum absolute atomic E-state index is 9.06. The highest BCUT2D eigenvalue weighted by Crippen LogP contribution is 2.16. The third-order valence-corrected chi connectivity index (χ3v) is 2.95. The van der Waals surface area contributed by atoms with Crippen molar-refractivity contribution in [2.75, 3.05) is 68.1 Å². The molecule has 1 saturated heterocycles. The van der Waals surface area contributed by atoms with Gasteiger partial charge < -0.3 is 30.5 Å². The topological polar surface area (TPSA) is 121 Å². The van der Waals surface area contributed by atoms with Gasteiger partial charge in [-0.25, -0.2) is 0 Å². The van der Waals surface area contributed by atoms with Crippen molar-refractivity contribution in [1.82, 2.24) is 15.0 Å². The molecule has 1 aromatic heterocycles. The number of rotatable bonds is 6. The van der Waals surface area contributed by atoms with E-state index < -0.39 is 0 Å². The molecule has 1 fully saturated rings. The maximum Gasteiger partial charge on any atom is 0.232 e. The Labute approximate surface area is 117 Å². The van der Waals surface area contributed by atoms with Crippen molar-refractivity contribution < 1.29 is 14.9 Å². The third-order valence-electron chi connectivity index (χ3n) is 2.95. The molecule has 0 saturated carbocycles. The number of aromatic nitrogens is 3. The number of ether oxygens (including phenoxy) is 1. The van der Waals surface area contributed by atoms with E-state index in [0.717, 1.165) is 0 Å². The van der Waals surface area contributed by atoms with Gasteiger partial charge in [0.25, 0.3) is 0 Å². The fraction of sp³-hybridized carbons (Fsp3) is 0.727. The summed E-state index contributed by atoms with van der Waals surface area (Å²) in [5.41, 5.74) is 5.72. The SMILES string of the molecule is Nc1nc(N(CCO)CCO)nc(N2CCOCC2)n1. The van der Waals surface area contributed by atoms with Crippen LogP contribution in [0.3, 0.4) is 0 Å². The van der Waals surface area contributed by atoms with Crippen LogP contribution in [0, 0.1) is 0 Å². The van der Waals surface area contributed by atoms with Crippen LogP contribution in [0.15, 0.2) is 0 Å². The number of hydrogen-bond acceptors (Lipinski definition) is 9. The van der Waals surface area contributed by atoms with Gasteiger partial charge in [0.1, 0.15) is 0 Å². The number of anilines is 3. The Morgan fingerprint density at radius 3 is 2.35 bits per heavy atom. The van der Waals surface area contributed by atoms with E-state index in [2.05, 4.69) is 15.0 Å². The van der Waals surface area contributed by atoms with Crippen LogP contribution in [0.5, 0.6) is 0 Å². The Balaban J connectivity index is 2.21. The zero-order chi connectivity index (χ0) is 14.4. The summed E-state index contributed by atoms with van der Waals surface area (Å²) in [5, 5.41) is 18.1. The number of aliphatic hydroxyl groups is 2. The van der Waals surface area contributed by atoms with Crippen molar-refractivity contribution >= 4 is 17.8 Å².